The third-order valence-corrected chi connectivity index (χ3v) is 4.83. The van der Waals surface area contributed by atoms with Gasteiger partial charge in [-0.1, -0.05) is 24.3 Å². The van der Waals surface area contributed by atoms with Crippen molar-refractivity contribution in [1.29, 1.82) is 0 Å². The highest BCUT2D eigenvalue weighted by atomic mass is 32.1. The van der Waals surface area contributed by atoms with Gasteiger partial charge in [0.2, 0.25) is 0 Å². The molecule has 3 N–H and O–H groups in total. The lowest BCUT2D eigenvalue weighted by molar-refractivity contribution is 0.438. The van der Waals surface area contributed by atoms with Crippen molar-refractivity contribution in [1.82, 2.24) is 10.4 Å². The molecule has 1 aromatic carbocycles. The Labute approximate surface area is 111 Å². The van der Waals surface area contributed by atoms with Gasteiger partial charge in [-0.2, -0.15) is 0 Å². The van der Waals surface area contributed by atoms with Gasteiger partial charge in [0.05, 0.1) is 17.2 Å². The zero-order valence-corrected chi connectivity index (χ0v) is 11.2. The zero-order valence-electron chi connectivity index (χ0n) is 10.4. The second kappa shape index (κ2) is 4.80. The molecule has 3 rings (SSSR count). The summed E-state index contributed by atoms with van der Waals surface area (Å²) in [6.45, 7) is 2.05. The van der Waals surface area contributed by atoms with E-state index in [0.717, 1.165) is 12.1 Å². The molecule has 0 amide bonds. The third kappa shape index (κ3) is 1.96. The van der Waals surface area contributed by atoms with Crippen molar-refractivity contribution in [3.05, 3.63) is 51.5 Å². The maximum atomic E-state index is 5.71. The lowest BCUT2D eigenvalue weighted by Crippen LogP contribution is -2.31. The summed E-state index contributed by atoms with van der Waals surface area (Å²) in [5.41, 5.74) is 8.90. The molecule has 0 bridgehead atoms. The first-order chi connectivity index (χ1) is 8.79. The zero-order chi connectivity index (χ0) is 12.5. The smallest absolute Gasteiger partial charge is 0.0798 e. The van der Waals surface area contributed by atoms with Gasteiger partial charge < -0.3 is 0 Å². The molecule has 2 unspecified atom stereocenters. The number of aromatic nitrogens is 1. The average molecular weight is 259 g/mol. The fraction of sp³-hybridized carbons (Fsp3) is 0.357. The highest BCUT2D eigenvalue weighted by molar-refractivity contribution is 7.09. The molecular formula is C14H17N3S. The molecule has 0 radical (unpaired) electrons. The van der Waals surface area contributed by atoms with Crippen LogP contribution in [0.2, 0.25) is 0 Å². The maximum Gasteiger partial charge on any atom is 0.0798 e. The molecule has 0 fully saturated rings. The number of nitrogens with two attached hydrogens (primary N) is 1. The Balaban J connectivity index is 1.76. The Morgan fingerprint density at radius 3 is 3.00 bits per heavy atom. The summed E-state index contributed by atoms with van der Waals surface area (Å²) >= 11 is 1.69. The van der Waals surface area contributed by atoms with Crippen LogP contribution >= 0.6 is 11.3 Å². The van der Waals surface area contributed by atoms with Gasteiger partial charge in [0.25, 0.3) is 0 Å². The molecule has 0 saturated heterocycles. The van der Waals surface area contributed by atoms with Crippen LogP contribution in [0.4, 0.5) is 0 Å². The number of benzene rings is 1. The van der Waals surface area contributed by atoms with Gasteiger partial charge in [-0.05, 0) is 36.8 Å². The molecule has 0 aliphatic heterocycles. The topological polar surface area (TPSA) is 50.9 Å². The summed E-state index contributed by atoms with van der Waals surface area (Å²) < 4.78 is 0. The van der Waals surface area contributed by atoms with E-state index in [2.05, 4.69) is 34.7 Å². The van der Waals surface area contributed by atoms with Crippen molar-refractivity contribution in [3.8, 4) is 0 Å². The monoisotopic (exact) mass is 259 g/mol. The Morgan fingerprint density at radius 1 is 1.50 bits per heavy atom. The van der Waals surface area contributed by atoms with Crippen LogP contribution in [-0.4, -0.2) is 4.98 Å². The van der Waals surface area contributed by atoms with Gasteiger partial charge in [-0.3, -0.25) is 11.3 Å². The number of nitrogens with one attached hydrogen (secondary N) is 1. The van der Waals surface area contributed by atoms with Crippen molar-refractivity contribution in [2.75, 3.05) is 0 Å². The molecule has 0 saturated carbocycles. The van der Waals surface area contributed by atoms with Crippen LogP contribution in [-0.2, 0) is 6.42 Å². The second-order valence-electron chi connectivity index (χ2n) is 4.86. The van der Waals surface area contributed by atoms with E-state index < -0.39 is 0 Å². The van der Waals surface area contributed by atoms with E-state index in [1.165, 1.54) is 22.4 Å². The van der Waals surface area contributed by atoms with Crippen LogP contribution in [0, 0.1) is 6.92 Å². The molecule has 1 aliphatic rings. The van der Waals surface area contributed by atoms with Crippen LogP contribution in [0.25, 0.3) is 0 Å². The summed E-state index contributed by atoms with van der Waals surface area (Å²) in [6.07, 6.45) is 2.22. The van der Waals surface area contributed by atoms with Gasteiger partial charge in [0.15, 0.2) is 0 Å². The SMILES string of the molecule is Cc1ncsc1C(CC1Cc2ccccc21)NN. The Bertz CT molecular complexity index is 549. The van der Waals surface area contributed by atoms with Crippen LogP contribution in [0.3, 0.4) is 0 Å². The van der Waals surface area contributed by atoms with Gasteiger partial charge in [0, 0.05) is 4.88 Å². The van der Waals surface area contributed by atoms with E-state index in [9.17, 15) is 0 Å². The molecule has 4 heteroatoms. The first kappa shape index (κ1) is 11.8. The maximum absolute atomic E-state index is 5.71. The standard InChI is InChI=1S/C14H17N3S/c1-9-14(18-8-16-9)13(17-15)7-11-6-10-4-2-3-5-12(10)11/h2-5,8,11,13,17H,6-7,15H2,1H3. The molecule has 1 aliphatic carbocycles. The van der Waals surface area contributed by atoms with E-state index in [1.54, 1.807) is 11.3 Å². The van der Waals surface area contributed by atoms with Gasteiger partial charge >= 0.3 is 0 Å². The number of aryl methyl sites for hydroxylation is 1. The molecule has 3 nitrogen and oxygen atoms in total. The van der Waals surface area contributed by atoms with Crippen LogP contribution in [0.5, 0.6) is 0 Å². The minimum Gasteiger partial charge on any atom is -0.271 e. The number of nitrogens with zero attached hydrogens (tertiary/aromatic N) is 1. The number of hydrazine groups is 1. The van der Waals surface area contributed by atoms with Crippen molar-refractivity contribution in [3.63, 3.8) is 0 Å². The van der Waals surface area contributed by atoms with Crippen molar-refractivity contribution >= 4 is 11.3 Å². The predicted octanol–water partition coefficient (Wildman–Crippen LogP) is 2.69. The molecule has 2 aromatic rings. The van der Waals surface area contributed by atoms with Gasteiger partial charge in [0.1, 0.15) is 0 Å². The highest BCUT2D eigenvalue weighted by Gasteiger charge is 2.29. The Kier molecular flexibility index (Phi) is 3.16. The number of hydrogen-bond donors (Lipinski definition) is 2. The molecule has 18 heavy (non-hydrogen) atoms. The lowest BCUT2D eigenvalue weighted by Gasteiger charge is -2.32. The highest BCUT2D eigenvalue weighted by Crippen LogP contribution is 2.41. The van der Waals surface area contributed by atoms with E-state index in [1.807, 2.05) is 12.4 Å². The molecule has 94 valence electrons. The Hall–Kier alpha value is -1.23. The normalized spacial score (nSPS) is 19.1. The number of hydrogen-bond acceptors (Lipinski definition) is 4. The minimum atomic E-state index is 0.218. The van der Waals surface area contributed by atoms with Crippen molar-refractivity contribution < 1.29 is 0 Å². The largest absolute Gasteiger partial charge is 0.271 e. The van der Waals surface area contributed by atoms with E-state index in [4.69, 9.17) is 5.84 Å². The fourth-order valence-electron chi connectivity index (χ4n) is 2.75. The van der Waals surface area contributed by atoms with E-state index in [0.29, 0.717) is 5.92 Å². The van der Waals surface area contributed by atoms with Crippen LogP contribution < -0.4 is 11.3 Å². The van der Waals surface area contributed by atoms with Crippen LogP contribution in [0.15, 0.2) is 29.8 Å². The van der Waals surface area contributed by atoms with E-state index in [-0.39, 0.29) is 6.04 Å². The minimum absolute atomic E-state index is 0.218. The predicted molar refractivity (Wildman–Crippen MR) is 74.4 cm³/mol. The molecule has 1 aromatic heterocycles. The van der Waals surface area contributed by atoms with E-state index >= 15 is 0 Å². The second-order valence-corrected chi connectivity index (χ2v) is 5.74. The number of thiazole rings is 1. The number of fused-ring (bicyclic) bond motifs is 1. The molecule has 2 atom stereocenters. The summed E-state index contributed by atoms with van der Waals surface area (Å²) in [6, 6.07) is 8.90. The first-order valence-electron chi connectivity index (χ1n) is 6.23. The molecule has 1 heterocycles. The van der Waals surface area contributed by atoms with Gasteiger partial charge in [-0.15, -0.1) is 11.3 Å². The van der Waals surface area contributed by atoms with Crippen molar-refractivity contribution in [2.24, 2.45) is 5.84 Å². The quantitative estimate of drug-likeness (QED) is 0.655. The average Bonchev–Trinajstić information content (AvgIpc) is 2.77. The summed E-state index contributed by atoms with van der Waals surface area (Å²) in [4.78, 5) is 5.57. The van der Waals surface area contributed by atoms with Gasteiger partial charge in [-0.25, -0.2) is 4.98 Å². The van der Waals surface area contributed by atoms with Crippen molar-refractivity contribution in [2.45, 2.75) is 31.7 Å². The first-order valence-corrected chi connectivity index (χ1v) is 7.11. The number of rotatable bonds is 4. The summed E-state index contributed by atoms with van der Waals surface area (Å²) in [7, 11) is 0. The lowest BCUT2D eigenvalue weighted by atomic mass is 9.74. The third-order valence-electron chi connectivity index (χ3n) is 3.78. The Morgan fingerprint density at radius 2 is 2.33 bits per heavy atom. The molecular weight excluding hydrogens is 242 g/mol. The summed E-state index contributed by atoms with van der Waals surface area (Å²) in [5, 5.41) is 0. The fourth-order valence-corrected chi connectivity index (χ4v) is 3.63. The molecule has 0 spiro atoms. The van der Waals surface area contributed by atoms with Crippen LogP contribution in [0.1, 0.15) is 40.1 Å². The summed E-state index contributed by atoms with van der Waals surface area (Å²) in [5.74, 6) is 6.34.